The van der Waals surface area contributed by atoms with Crippen molar-refractivity contribution in [2.45, 2.75) is 25.8 Å². The summed E-state index contributed by atoms with van der Waals surface area (Å²) in [5.41, 5.74) is 3.97. The van der Waals surface area contributed by atoms with Gasteiger partial charge in [-0.15, -0.1) is 0 Å². The van der Waals surface area contributed by atoms with Crippen LogP contribution in [0, 0.1) is 0 Å². The highest BCUT2D eigenvalue weighted by Gasteiger charge is 2.14. The van der Waals surface area contributed by atoms with Crippen LogP contribution in [-0.2, 0) is 6.42 Å². The Morgan fingerprint density at radius 1 is 0.758 bits per heavy atom. The molecule has 162 valence electrons. The van der Waals surface area contributed by atoms with E-state index in [9.17, 15) is 5.11 Å². The molecule has 1 unspecified atom stereocenters. The predicted molar refractivity (Wildman–Crippen MR) is 140 cm³/mol. The number of aryl methyl sites for hydroxylation is 1. The van der Waals surface area contributed by atoms with Gasteiger partial charge in [0.05, 0.1) is 0 Å². The summed E-state index contributed by atoms with van der Waals surface area (Å²) in [6.45, 7) is 2.12. The van der Waals surface area contributed by atoms with Gasteiger partial charge in [0.1, 0.15) is 5.75 Å². The second kappa shape index (κ2) is 9.30. The maximum atomic E-state index is 11.3. The lowest BCUT2D eigenvalue weighted by Crippen LogP contribution is -2.01. The van der Waals surface area contributed by atoms with Gasteiger partial charge in [-0.1, -0.05) is 91.0 Å². The molecule has 0 saturated heterocycles. The Hall–Kier alpha value is -3.91. The molecule has 0 aliphatic carbocycles. The summed E-state index contributed by atoms with van der Waals surface area (Å²) in [7, 11) is 0. The van der Waals surface area contributed by atoms with Crippen molar-refractivity contribution in [2.75, 3.05) is 0 Å². The van der Waals surface area contributed by atoms with E-state index in [0.29, 0.717) is 0 Å². The van der Waals surface area contributed by atoms with Crippen LogP contribution < -0.4 is 0 Å². The number of aliphatic imine (C=N–C) groups is 1. The minimum Gasteiger partial charge on any atom is -0.507 e. The lowest BCUT2D eigenvalue weighted by Gasteiger charge is -2.14. The van der Waals surface area contributed by atoms with Crippen LogP contribution in [0.4, 0.5) is 0 Å². The summed E-state index contributed by atoms with van der Waals surface area (Å²) in [5.74, 6) is 0.276. The van der Waals surface area contributed by atoms with Crippen LogP contribution in [0.5, 0.6) is 5.75 Å². The van der Waals surface area contributed by atoms with Gasteiger partial charge < -0.3 is 5.11 Å². The van der Waals surface area contributed by atoms with Crippen molar-refractivity contribution < 1.29 is 5.11 Å². The minimum atomic E-state index is 0.173. The zero-order chi connectivity index (χ0) is 22.6. The van der Waals surface area contributed by atoms with Crippen LogP contribution in [0.1, 0.15) is 24.5 Å². The van der Waals surface area contributed by atoms with Crippen LogP contribution in [0.3, 0.4) is 0 Å². The maximum Gasteiger partial charge on any atom is 0.132 e. The second-order valence-electron chi connectivity index (χ2n) is 8.59. The van der Waals surface area contributed by atoms with Gasteiger partial charge >= 0.3 is 0 Å². The minimum absolute atomic E-state index is 0.173. The molecule has 0 radical (unpaired) electrons. The third-order valence-corrected chi connectivity index (χ3v) is 6.27. The second-order valence-corrected chi connectivity index (χ2v) is 8.59. The summed E-state index contributed by atoms with van der Waals surface area (Å²) in [4.78, 5) is 4.74. The average Bonchev–Trinajstić information content (AvgIpc) is 2.86. The number of para-hydroxylation sites is 1. The van der Waals surface area contributed by atoms with E-state index in [1.54, 1.807) is 0 Å². The molecule has 2 heteroatoms. The number of rotatable bonds is 6. The molecule has 2 nitrogen and oxygen atoms in total. The molecule has 33 heavy (non-hydrogen) atoms. The molecule has 0 fully saturated rings. The van der Waals surface area contributed by atoms with Gasteiger partial charge in [0.2, 0.25) is 0 Å². The Kier molecular flexibility index (Phi) is 5.91. The van der Waals surface area contributed by atoms with Gasteiger partial charge in [0, 0.05) is 28.9 Å². The molecule has 1 atom stereocenters. The predicted octanol–water partition coefficient (Wildman–Crippen LogP) is 7.81. The zero-order valence-electron chi connectivity index (χ0n) is 18.8. The van der Waals surface area contributed by atoms with Crippen molar-refractivity contribution in [2.24, 2.45) is 4.99 Å². The van der Waals surface area contributed by atoms with Crippen molar-refractivity contribution >= 4 is 27.8 Å². The Balaban J connectivity index is 1.50. The fourth-order valence-electron chi connectivity index (χ4n) is 4.47. The first kappa shape index (κ1) is 21.0. The van der Waals surface area contributed by atoms with E-state index in [-0.39, 0.29) is 11.8 Å². The molecule has 0 bridgehead atoms. The first-order valence-corrected chi connectivity index (χ1v) is 11.5. The Bertz CT molecular complexity index is 1380. The number of fused-ring (bicyclic) bond motifs is 2. The summed E-state index contributed by atoms with van der Waals surface area (Å²) in [5, 5.41) is 15.9. The van der Waals surface area contributed by atoms with Crippen molar-refractivity contribution in [1.82, 2.24) is 0 Å². The molecular formula is C31H27NO. The molecule has 5 aromatic carbocycles. The molecule has 5 rings (SSSR count). The Morgan fingerprint density at radius 2 is 1.39 bits per heavy atom. The molecule has 0 spiro atoms. The molecule has 1 N–H and O–H groups in total. The molecule has 5 aromatic rings. The van der Waals surface area contributed by atoms with E-state index in [4.69, 9.17) is 4.99 Å². The summed E-state index contributed by atoms with van der Waals surface area (Å²) < 4.78 is 0. The van der Waals surface area contributed by atoms with E-state index in [1.807, 2.05) is 30.5 Å². The third kappa shape index (κ3) is 4.38. The van der Waals surface area contributed by atoms with Crippen molar-refractivity contribution in [3.8, 4) is 16.9 Å². The summed E-state index contributed by atoms with van der Waals surface area (Å²) in [6.07, 6.45) is 3.78. The van der Waals surface area contributed by atoms with Crippen LogP contribution >= 0.6 is 0 Å². The van der Waals surface area contributed by atoms with E-state index < -0.39 is 0 Å². The average molecular weight is 430 g/mol. The van der Waals surface area contributed by atoms with Gasteiger partial charge in [-0.05, 0) is 59.0 Å². The quantitative estimate of drug-likeness (QED) is 0.217. The maximum absolute atomic E-state index is 11.3. The standard InChI is InChI=1S/C31H27NO/c1-22(18-19-23-10-3-2-4-11-23)32-21-26-14-9-17-29(31(26)33)30-27-15-7-5-12-24(27)20-25-13-6-8-16-28(25)30/h2-17,20-22,33H,18-19H2,1H3. The highest BCUT2D eigenvalue weighted by molar-refractivity contribution is 6.14. The highest BCUT2D eigenvalue weighted by Crippen LogP contribution is 2.41. The van der Waals surface area contributed by atoms with E-state index in [1.165, 1.54) is 16.3 Å². The van der Waals surface area contributed by atoms with Crippen LogP contribution in [0.2, 0.25) is 0 Å². The fraction of sp³-hybridized carbons (Fsp3) is 0.129. The number of nitrogens with zero attached hydrogens (tertiary/aromatic N) is 1. The van der Waals surface area contributed by atoms with Crippen molar-refractivity contribution in [3.05, 3.63) is 114 Å². The van der Waals surface area contributed by atoms with Gasteiger partial charge in [-0.2, -0.15) is 0 Å². The van der Waals surface area contributed by atoms with E-state index in [2.05, 4.69) is 85.8 Å². The molecule has 0 heterocycles. The first-order valence-electron chi connectivity index (χ1n) is 11.5. The van der Waals surface area contributed by atoms with Gasteiger partial charge in [-0.3, -0.25) is 4.99 Å². The van der Waals surface area contributed by atoms with Crippen LogP contribution in [0.15, 0.2) is 108 Å². The number of hydrogen-bond acceptors (Lipinski definition) is 2. The number of benzene rings is 5. The smallest absolute Gasteiger partial charge is 0.132 e. The highest BCUT2D eigenvalue weighted by atomic mass is 16.3. The molecule has 0 aliphatic heterocycles. The van der Waals surface area contributed by atoms with E-state index >= 15 is 0 Å². The molecule has 0 aliphatic rings. The topological polar surface area (TPSA) is 32.6 Å². The van der Waals surface area contributed by atoms with Gasteiger partial charge in [0.15, 0.2) is 0 Å². The molecule has 0 aromatic heterocycles. The SMILES string of the molecule is CC(CCc1ccccc1)N=Cc1cccc(-c2c3ccccc3cc3ccccc23)c1O. The third-order valence-electron chi connectivity index (χ3n) is 6.27. The largest absolute Gasteiger partial charge is 0.507 e. The number of aromatic hydroxyl groups is 1. The van der Waals surface area contributed by atoms with Gasteiger partial charge in [-0.25, -0.2) is 0 Å². The molecular weight excluding hydrogens is 402 g/mol. The number of phenols is 1. The van der Waals surface area contributed by atoms with Crippen molar-refractivity contribution in [1.29, 1.82) is 0 Å². The number of phenolic OH excluding ortho intramolecular Hbond substituents is 1. The zero-order valence-corrected chi connectivity index (χ0v) is 18.8. The van der Waals surface area contributed by atoms with Gasteiger partial charge in [0.25, 0.3) is 0 Å². The summed E-state index contributed by atoms with van der Waals surface area (Å²) in [6, 6.07) is 35.5. The molecule has 0 saturated carbocycles. The fourth-order valence-corrected chi connectivity index (χ4v) is 4.47. The normalized spacial score (nSPS) is 12.5. The van der Waals surface area contributed by atoms with Crippen molar-refractivity contribution in [3.63, 3.8) is 0 Å². The lowest BCUT2D eigenvalue weighted by atomic mass is 9.91. The molecule has 0 amide bonds. The van der Waals surface area contributed by atoms with E-state index in [0.717, 1.165) is 40.3 Å². The number of hydrogen-bond donors (Lipinski definition) is 1. The van der Waals surface area contributed by atoms with Crippen LogP contribution in [0.25, 0.3) is 32.7 Å². The Labute approximate surface area is 194 Å². The lowest BCUT2D eigenvalue weighted by molar-refractivity contribution is 0.476. The summed E-state index contributed by atoms with van der Waals surface area (Å²) >= 11 is 0. The monoisotopic (exact) mass is 429 g/mol. The first-order chi connectivity index (χ1) is 16.2. The van der Waals surface area contributed by atoms with Crippen LogP contribution in [-0.4, -0.2) is 17.4 Å². The Morgan fingerprint density at radius 3 is 2.09 bits per heavy atom.